The highest BCUT2D eigenvalue weighted by Crippen LogP contribution is 2.35. The van der Waals surface area contributed by atoms with E-state index in [1.165, 1.54) is 0 Å². The molecule has 0 unspecified atom stereocenters. The van der Waals surface area contributed by atoms with Gasteiger partial charge in [0, 0.05) is 17.3 Å². The summed E-state index contributed by atoms with van der Waals surface area (Å²) in [6.07, 6.45) is 2.04. The van der Waals surface area contributed by atoms with Crippen LogP contribution in [-0.2, 0) is 4.79 Å². The minimum Gasteiger partial charge on any atom is -0.299 e. The minimum absolute atomic E-state index is 0.0652. The van der Waals surface area contributed by atoms with E-state index < -0.39 is 0 Å². The van der Waals surface area contributed by atoms with Crippen molar-refractivity contribution in [3.05, 3.63) is 60.8 Å². The fourth-order valence-corrected chi connectivity index (χ4v) is 4.72. The van der Waals surface area contributed by atoms with E-state index in [-0.39, 0.29) is 11.8 Å². The average molecular weight is 610 g/mol. The Balaban J connectivity index is 0.00000117. The molecule has 0 aliphatic rings. The van der Waals surface area contributed by atoms with Crippen LogP contribution in [0.15, 0.2) is 60.8 Å². The number of carbonyl (C=O) groups is 1. The number of para-hydroxylation sites is 1. The second-order valence-electron chi connectivity index (χ2n) is 4.92. The first-order valence-corrected chi connectivity index (χ1v) is 12.0. The number of carbonyl (C=O) groups excluding carboxylic acids is 1. The molecule has 0 saturated carbocycles. The predicted octanol–water partition coefficient (Wildman–Crippen LogP) is 6.92. The van der Waals surface area contributed by atoms with E-state index in [1.807, 2.05) is 68.6 Å². The van der Waals surface area contributed by atoms with Crippen molar-refractivity contribution in [2.24, 2.45) is 0 Å². The number of anilines is 2. The summed E-state index contributed by atoms with van der Waals surface area (Å²) >= 11 is 12.3. The lowest BCUT2D eigenvalue weighted by Crippen LogP contribution is -2.27. The Labute approximate surface area is 190 Å². The number of fused-ring (bicyclic) bond motifs is 1. The number of alkyl halides is 1. The number of nitrogens with zero attached hydrogens (tertiary/aromatic N) is 2. The summed E-state index contributed by atoms with van der Waals surface area (Å²) in [7, 11) is 0. The number of hydrogen-bond donors (Lipinski definition) is 0. The average Bonchev–Trinajstić information content (AvgIpc) is 3.07. The lowest BCUT2D eigenvalue weighted by molar-refractivity contribution is -0.115. The fraction of sp³-hybridized carbons (Fsp3) is 0.167. The van der Waals surface area contributed by atoms with Gasteiger partial charge in [0.15, 0.2) is 0 Å². The summed E-state index contributed by atoms with van der Waals surface area (Å²) in [6.45, 7) is 4.00. The van der Waals surface area contributed by atoms with Crippen LogP contribution < -0.4 is 4.90 Å². The molecule has 136 valence electrons. The Morgan fingerprint density at radius 2 is 1.81 bits per heavy atom. The van der Waals surface area contributed by atoms with Crippen LogP contribution in [0.1, 0.15) is 13.8 Å². The SMILES string of the molecule is CC.O=C(CCl)N(c1ccccc1)c1cccc2c1ccn2SB(I)I. The normalized spacial score (nSPS) is 10.2. The highest BCUT2D eigenvalue weighted by Gasteiger charge is 2.20. The van der Waals surface area contributed by atoms with Gasteiger partial charge in [0.25, 0.3) is 0 Å². The molecule has 26 heavy (non-hydrogen) atoms. The smallest absolute Gasteiger partial charge is 0.299 e. The first-order chi connectivity index (χ1) is 12.6. The molecule has 1 amide bonds. The maximum absolute atomic E-state index is 12.5. The fourth-order valence-electron chi connectivity index (χ4n) is 2.55. The summed E-state index contributed by atoms with van der Waals surface area (Å²) in [5.74, 6) is -0.207. The minimum atomic E-state index is -0.142. The number of aromatic nitrogens is 1. The van der Waals surface area contributed by atoms with Crippen molar-refractivity contribution in [2.75, 3.05) is 10.8 Å². The summed E-state index contributed by atoms with van der Waals surface area (Å²) in [5, 5.41) is 1.03. The molecule has 1 heterocycles. The third-order valence-corrected chi connectivity index (χ3v) is 5.78. The van der Waals surface area contributed by atoms with Gasteiger partial charge in [0.1, 0.15) is 5.88 Å². The quantitative estimate of drug-likeness (QED) is 0.178. The number of benzene rings is 2. The second-order valence-corrected chi connectivity index (χ2v) is 12.8. The molecule has 0 atom stereocenters. The monoisotopic (exact) mass is 610 g/mol. The number of rotatable bonds is 5. The number of amides is 1. The molecule has 1 aromatic heterocycles. The maximum atomic E-state index is 12.5. The van der Waals surface area contributed by atoms with Crippen molar-refractivity contribution < 1.29 is 4.79 Å². The van der Waals surface area contributed by atoms with Crippen LogP contribution in [0.2, 0.25) is 0 Å². The van der Waals surface area contributed by atoms with Gasteiger partial charge in [0.2, 0.25) is 5.91 Å². The van der Waals surface area contributed by atoms with Crippen LogP contribution in [0.4, 0.5) is 11.4 Å². The molecule has 3 aromatic rings. The van der Waals surface area contributed by atoms with Crippen LogP contribution in [0, 0.1) is 0 Å². The van der Waals surface area contributed by atoms with E-state index in [9.17, 15) is 4.79 Å². The van der Waals surface area contributed by atoms with E-state index in [1.54, 1.807) is 16.7 Å². The summed E-state index contributed by atoms with van der Waals surface area (Å²) in [5.41, 5.74) is 2.75. The zero-order chi connectivity index (χ0) is 19.1. The van der Waals surface area contributed by atoms with E-state index in [2.05, 4.69) is 54.8 Å². The topological polar surface area (TPSA) is 25.2 Å². The van der Waals surface area contributed by atoms with Crippen LogP contribution in [-0.4, -0.2) is 17.5 Å². The third kappa shape index (κ3) is 5.11. The number of halogens is 3. The molecule has 3 rings (SSSR count). The van der Waals surface area contributed by atoms with Crippen molar-refractivity contribution in [1.29, 1.82) is 0 Å². The molecule has 2 aromatic carbocycles. The second kappa shape index (κ2) is 10.8. The van der Waals surface area contributed by atoms with Crippen molar-refractivity contribution in [3.63, 3.8) is 0 Å². The third-order valence-electron chi connectivity index (χ3n) is 3.49. The van der Waals surface area contributed by atoms with Crippen molar-refractivity contribution in [1.82, 2.24) is 3.97 Å². The maximum Gasteiger partial charge on any atom is 0.374 e. The van der Waals surface area contributed by atoms with Gasteiger partial charge in [-0.25, -0.2) is 0 Å². The van der Waals surface area contributed by atoms with Crippen LogP contribution in [0.5, 0.6) is 0 Å². The zero-order valence-electron chi connectivity index (χ0n) is 14.4. The molecule has 0 radical (unpaired) electrons. The first kappa shape index (κ1) is 21.9. The Kier molecular flexibility index (Phi) is 9.12. The molecule has 0 fully saturated rings. The molecule has 0 bridgehead atoms. The van der Waals surface area contributed by atoms with E-state index in [0.717, 1.165) is 22.3 Å². The van der Waals surface area contributed by atoms with Crippen LogP contribution >= 0.6 is 68.1 Å². The lowest BCUT2D eigenvalue weighted by atomic mass is 10.1. The summed E-state index contributed by atoms with van der Waals surface area (Å²) in [4.78, 5) is 14.2. The van der Waals surface area contributed by atoms with Gasteiger partial charge in [-0.1, -0.05) is 49.9 Å². The highest BCUT2D eigenvalue weighted by atomic mass is 127. The molecule has 0 spiro atoms. The largest absolute Gasteiger partial charge is 0.374 e. The van der Waals surface area contributed by atoms with Crippen molar-refractivity contribution >= 4 is 98.0 Å². The van der Waals surface area contributed by atoms with Crippen LogP contribution in [0.3, 0.4) is 0 Å². The van der Waals surface area contributed by atoms with Crippen LogP contribution in [0.25, 0.3) is 10.9 Å². The molecule has 0 N–H and O–H groups in total. The first-order valence-electron chi connectivity index (χ1n) is 8.11. The van der Waals surface area contributed by atoms with Crippen molar-refractivity contribution in [2.45, 2.75) is 13.8 Å². The molecule has 0 saturated heterocycles. The van der Waals surface area contributed by atoms with Gasteiger partial charge in [0.05, 0.1) is 11.2 Å². The van der Waals surface area contributed by atoms with E-state index >= 15 is 0 Å². The molecule has 0 aliphatic carbocycles. The van der Waals surface area contributed by atoms with Crippen molar-refractivity contribution in [3.8, 4) is 0 Å². The lowest BCUT2D eigenvalue weighted by Gasteiger charge is -2.23. The van der Waals surface area contributed by atoms with Gasteiger partial charge in [-0.2, -0.15) is 0 Å². The highest BCUT2D eigenvalue weighted by molar-refractivity contribution is 14.3. The molecule has 0 aliphatic heterocycles. The molecular formula is C18H18BClI2N2OS. The Morgan fingerprint density at radius 1 is 1.12 bits per heavy atom. The van der Waals surface area contributed by atoms with E-state index in [4.69, 9.17) is 11.6 Å². The molecule has 3 nitrogen and oxygen atoms in total. The van der Waals surface area contributed by atoms with Gasteiger partial charge < -0.3 is 0 Å². The van der Waals surface area contributed by atoms with Gasteiger partial charge in [-0.3, -0.25) is 13.7 Å². The van der Waals surface area contributed by atoms with Gasteiger partial charge >= 0.3 is 1.70 Å². The zero-order valence-corrected chi connectivity index (χ0v) is 20.3. The van der Waals surface area contributed by atoms with Gasteiger partial charge in [-0.15, -0.1) is 56.3 Å². The summed E-state index contributed by atoms with van der Waals surface area (Å²) < 4.78 is 2.55. The Morgan fingerprint density at radius 3 is 2.42 bits per heavy atom. The Bertz CT molecular complexity index is 861. The molecule has 8 heteroatoms. The number of hydrogen-bond acceptors (Lipinski definition) is 2. The van der Waals surface area contributed by atoms with E-state index in [0.29, 0.717) is 1.70 Å². The van der Waals surface area contributed by atoms with Gasteiger partial charge in [-0.05, 0) is 30.3 Å². The Hall–Kier alpha value is -0.385. The standard InChI is InChI=1S/C16H12BClI2N2OS.C2H6/c18-11-16(23)22(12-5-2-1-3-6-12)15-8-4-7-14-13(15)9-10-21(14)24-17(19)20;1-2/h1-10H,11H2;1-2H3. The molecular weight excluding hydrogens is 592 g/mol. The summed E-state index contributed by atoms with van der Waals surface area (Å²) in [6, 6.07) is 17.6. The predicted molar refractivity (Wildman–Crippen MR) is 134 cm³/mol.